The van der Waals surface area contributed by atoms with Gasteiger partial charge in [-0.25, -0.2) is 4.57 Å². The second-order valence-corrected chi connectivity index (χ2v) is 5.15. The Morgan fingerprint density at radius 3 is 2.39 bits per heavy atom. The minimum Gasteiger partial charge on any atom is -0.201 e. The van der Waals surface area contributed by atoms with Crippen molar-refractivity contribution in [3.63, 3.8) is 0 Å². The average Bonchev–Trinajstić information content (AvgIpc) is 2.38. The molecule has 1 aromatic heterocycles. The number of hydrogen-bond donors (Lipinski definition) is 0. The first-order valence-electron chi connectivity index (χ1n) is 7.42. The first kappa shape index (κ1) is 10.3. The Balaban J connectivity index is 2.87. The highest BCUT2D eigenvalue weighted by molar-refractivity contribution is 5.61. The van der Waals surface area contributed by atoms with E-state index in [1.807, 2.05) is 49.7 Å². The van der Waals surface area contributed by atoms with E-state index in [0.717, 1.165) is 27.9 Å². The maximum atomic E-state index is 8.59. The van der Waals surface area contributed by atoms with Gasteiger partial charge in [0.1, 0.15) is 8.42 Å². The molecule has 0 aliphatic rings. The summed E-state index contributed by atoms with van der Waals surface area (Å²) in [5.74, 6) is 0.246. The van der Waals surface area contributed by atoms with E-state index in [9.17, 15) is 0 Å². The molecule has 0 amide bonds. The van der Waals surface area contributed by atoms with Gasteiger partial charge in [-0.05, 0) is 37.0 Å². The third-order valence-corrected chi connectivity index (χ3v) is 3.31. The van der Waals surface area contributed by atoms with E-state index < -0.39 is 0 Å². The summed E-state index contributed by atoms with van der Waals surface area (Å²) in [6, 6.07) is 8.61. The van der Waals surface area contributed by atoms with E-state index in [1.165, 1.54) is 0 Å². The number of aryl methyl sites for hydroxylation is 1. The van der Waals surface area contributed by atoms with Gasteiger partial charge in [-0.3, -0.25) is 0 Å². The number of aromatic nitrogens is 1. The molecule has 0 aliphatic heterocycles. The first-order chi connectivity index (χ1) is 9.36. The fourth-order valence-electron chi connectivity index (χ4n) is 2.34. The van der Waals surface area contributed by atoms with Gasteiger partial charge in [-0.15, -0.1) is 0 Å². The number of nitrogens with zero attached hydrogens (tertiary/aromatic N) is 1. The van der Waals surface area contributed by atoms with Crippen LogP contribution in [-0.4, -0.2) is 0 Å². The van der Waals surface area contributed by atoms with E-state index in [4.69, 9.17) is 2.74 Å². The predicted molar refractivity (Wildman–Crippen MR) is 76.6 cm³/mol. The van der Waals surface area contributed by atoms with Crippen LogP contribution in [0, 0.1) is 13.8 Å². The molecule has 1 nitrogen and oxygen atoms in total. The molecule has 2 rings (SSSR count). The summed E-state index contributed by atoms with van der Waals surface area (Å²) in [6.45, 7) is 8.16. The second kappa shape index (κ2) is 4.93. The van der Waals surface area contributed by atoms with Crippen molar-refractivity contribution < 1.29 is 7.31 Å². The van der Waals surface area contributed by atoms with Crippen molar-refractivity contribution in [3.05, 3.63) is 53.2 Å². The van der Waals surface area contributed by atoms with Crippen molar-refractivity contribution in [3.8, 4) is 11.3 Å². The summed E-state index contributed by atoms with van der Waals surface area (Å²) in [5.41, 5.74) is 4.89. The monoisotopic (exact) mass is 242 g/mol. The van der Waals surface area contributed by atoms with E-state index in [2.05, 4.69) is 13.8 Å². The highest BCUT2D eigenvalue weighted by Gasteiger charge is 2.16. The van der Waals surface area contributed by atoms with Gasteiger partial charge in [0, 0.05) is 17.2 Å². The number of pyridine rings is 1. The van der Waals surface area contributed by atoms with Crippen LogP contribution in [0.15, 0.2) is 36.5 Å². The van der Waals surface area contributed by atoms with Crippen LogP contribution in [0.1, 0.15) is 39.2 Å². The van der Waals surface area contributed by atoms with Gasteiger partial charge >= 0.3 is 0 Å². The average molecular weight is 242 g/mol. The molecule has 0 unspecified atom stereocenters. The lowest BCUT2D eigenvalue weighted by Crippen LogP contribution is -2.32. The minimum absolute atomic E-state index is 0.246. The maximum absolute atomic E-state index is 8.59. The zero-order valence-corrected chi connectivity index (χ0v) is 11.8. The summed E-state index contributed by atoms with van der Waals surface area (Å²) in [5, 5.41) is 0. The molecular formula is C17H22N+. The number of hydrogen-bond acceptors (Lipinski definition) is 0. The van der Waals surface area contributed by atoms with Crippen LogP contribution in [0.2, 0.25) is 0 Å². The highest BCUT2D eigenvalue weighted by Crippen LogP contribution is 2.25. The molecule has 0 saturated carbocycles. The van der Waals surface area contributed by atoms with Crippen molar-refractivity contribution in [2.45, 2.75) is 33.6 Å². The normalized spacial score (nSPS) is 12.6. The topological polar surface area (TPSA) is 3.88 Å². The zero-order valence-electron chi connectivity index (χ0n) is 13.8. The van der Waals surface area contributed by atoms with E-state index in [-0.39, 0.29) is 5.92 Å². The van der Waals surface area contributed by atoms with Crippen LogP contribution >= 0.6 is 0 Å². The zero-order chi connectivity index (χ0) is 15.0. The Morgan fingerprint density at radius 1 is 1.11 bits per heavy atom. The molecule has 94 valence electrons. The van der Waals surface area contributed by atoms with Gasteiger partial charge in [-0.1, -0.05) is 32.0 Å². The van der Waals surface area contributed by atoms with Crippen molar-refractivity contribution in [2.24, 2.45) is 7.05 Å². The smallest absolute Gasteiger partial charge is 0.201 e. The minimum atomic E-state index is 0.246. The number of benzene rings is 1. The molecule has 0 radical (unpaired) electrons. The second-order valence-electron chi connectivity index (χ2n) is 5.15. The first-order valence-corrected chi connectivity index (χ1v) is 6.42. The third-order valence-electron chi connectivity index (χ3n) is 3.31. The van der Waals surface area contributed by atoms with Gasteiger partial charge in [0.05, 0.1) is 1.37 Å². The Hall–Kier alpha value is -1.63. The molecule has 1 aromatic carbocycles. The van der Waals surface area contributed by atoms with Gasteiger partial charge in [-0.2, -0.15) is 0 Å². The van der Waals surface area contributed by atoms with Crippen LogP contribution in [-0.2, 0) is 7.05 Å². The summed E-state index contributed by atoms with van der Waals surface area (Å²) >= 11 is 0. The van der Waals surface area contributed by atoms with Crippen molar-refractivity contribution >= 4 is 0 Å². The molecule has 0 bridgehead atoms. The van der Waals surface area contributed by atoms with Crippen LogP contribution in [0.4, 0.5) is 0 Å². The van der Waals surface area contributed by atoms with Crippen molar-refractivity contribution in [2.75, 3.05) is 0 Å². The molecule has 0 N–H and O–H groups in total. The summed E-state index contributed by atoms with van der Waals surface area (Å²) in [6.07, 6.45) is 0.489. The van der Waals surface area contributed by atoms with Crippen LogP contribution in [0.25, 0.3) is 11.3 Å². The molecule has 0 fully saturated rings. The van der Waals surface area contributed by atoms with Crippen LogP contribution in [0.3, 0.4) is 0 Å². The molecule has 2 aromatic rings. The van der Waals surface area contributed by atoms with Gasteiger partial charge in [0.25, 0.3) is 0 Å². The van der Waals surface area contributed by atoms with Gasteiger partial charge in [0.2, 0.25) is 5.69 Å². The molecule has 1 heteroatoms. The highest BCUT2D eigenvalue weighted by atomic mass is 14.9. The molecule has 1 heterocycles. The molecule has 0 atom stereocenters. The fourth-order valence-corrected chi connectivity index (χ4v) is 2.34. The maximum Gasteiger partial charge on any atom is 0.212 e. The standard InChI is InChI=1S/C17H22N/c1-12(2)16-10-17(18(5)11-14(16)4)15-9-7-6-8-13(15)3/h6-12H,1-5H3/q+1/i10D,11D. The fraction of sp³-hybridized carbons (Fsp3) is 0.353. The Labute approximate surface area is 113 Å². The van der Waals surface area contributed by atoms with E-state index in [0.29, 0.717) is 12.2 Å². The predicted octanol–water partition coefficient (Wildman–Crippen LogP) is 3.92. The molecule has 0 aliphatic carbocycles. The quantitative estimate of drug-likeness (QED) is 0.703. The summed E-state index contributed by atoms with van der Waals surface area (Å²) in [7, 11) is 1.87. The molecule has 18 heavy (non-hydrogen) atoms. The molecule has 0 spiro atoms. The van der Waals surface area contributed by atoms with Crippen molar-refractivity contribution in [1.29, 1.82) is 0 Å². The Kier molecular flexibility index (Phi) is 2.82. The van der Waals surface area contributed by atoms with Crippen LogP contribution < -0.4 is 4.57 Å². The largest absolute Gasteiger partial charge is 0.212 e. The number of rotatable bonds is 2. The van der Waals surface area contributed by atoms with Gasteiger partial charge in [0.15, 0.2) is 6.17 Å². The Bertz CT molecular complexity index is 661. The lowest BCUT2D eigenvalue weighted by atomic mass is 9.96. The van der Waals surface area contributed by atoms with Crippen LogP contribution in [0.5, 0.6) is 0 Å². The molecule has 0 saturated heterocycles. The van der Waals surface area contributed by atoms with Gasteiger partial charge < -0.3 is 0 Å². The van der Waals surface area contributed by atoms with E-state index >= 15 is 0 Å². The SMILES string of the molecule is [2H]c1c(C(C)C)c(C)c([2H])[n+](C)c1-c1ccccc1C. The van der Waals surface area contributed by atoms with Crippen molar-refractivity contribution in [1.82, 2.24) is 0 Å². The lowest BCUT2D eigenvalue weighted by molar-refractivity contribution is -0.660. The molecular weight excluding hydrogens is 218 g/mol. The third kappa shape index (κ3) is 2.31. The summed E-state index contributed by atoms with van der Waals surface area (Å²) in [4.78, 5) is 0. The van der Waals surface area contributed by atoms with E-state index in [1.54, 1.807) is 0 Å². The summed E-state index contributed by atoms with van der Waals surface area (Å²) < 4.78 is 18.7. The Morgan fingerprint density at radius 2 is 1.78 bits per heavy atom. The lowest BCUT2D eigenvalue weighted by Gasteiger charge is -2.11.